The van der Waals surface area contributed by atoms with E-state index in [4.69, 9.17) is 4.74 Å². The highest BCUT2D eigenvalue weighted by Gasteiger charge is 2.29. The molecule has 0 bridgehead atoms. The number of ether oxygens (including phenoxy) is 1. The molecule has 6 nitrogen and oxygen atoms in total. The lowest BCUT2D eigenvalue weighted by atomic mass is 9.87. The van der Waals surface area contributed by atoms with Crippen molar-refractivity contribution in [2.75, 3.05) is 18.0 Å². The monoisotopic (exact) mass is 478 g/mol. The second-order valence-electron chi connectivity index (χ2n) is 8.74. The topological polar surface area (TPSA) is 75.7 Å². The molecule has 1 atom stereocenters. The zero-order valence-corrected chi connectivity index (χ0v) is 20.6. The van der Waals surface area contributed by atoms with Gasteiger partial charge in [0, 0.05) is 0 Å². The molecule has 1 unspecified atom stereocenters. The highest BCUT2D eigenvalue weighted by molar-refractivity contribution is 7.92. The Morgan fingerprint density at radius 3 is 2.29 bits per heavy atom. The van der Waals surface area contributed by atoms with Gasteiger partial charge in [-0.15, -0.1) is 0 Å². The predicted molar refractivity (Wildman–Crippen MR) is 134 cm³/mol. The number of carbonyl (C=O) groups excluding carboxylic acids is 1. The second-order valence-corrected chi connectivity index (χ2v) is 10.6. The van der Waals surface area contributed by atoms with Gasteiger partial charge in [0.15, 0.2) is 0 Å². The zero-order chi connectivity index (χ0) is 24.3. The summed E-state index contributed by atoms with van der Waals surface area (Å²) in [4.78, 5) is 13.3. The summed E-state index contributed by atoms with van der Waals surface area (Å²) in [6, 6.07) is 19.5. The van der Waals surface area contributed by atoms with Gasteiger partial charge in [-0.3, -0.25) is 9.10 Å². The van der Waals surface area contributed by atoms with E-state index in [0.29, 0.717) is 5.69 Å². The number of benzene rings is 3. The Morgan fingerprint density at radius 2 is 1.65 bits per heavy atom. The summed E-state index contributed by atoms with van der Waals surface area (Å²) in [6.07, 6.45) is 2.67. The van der Waals surface area contributed by atoms with Crippen molar-refractivity contribution in [3.63, 3.8) is 0 Å². The molecule has 3 aromatic carbocycles. The molecule has 3 aromatic rings. The van der Waals surface area contributed by atoms with Gasteiger partial charge in [0.05, 0.1) is 23.7 Å². The van der Waals surface area contributed by atoms with Gasteiger partial charge >= 0.3 is 0 Å². The van der Waals surface area contributed by atoms with Gasteiger partial charge in [0.2, 0.25) is 5.91 Å². The Labute approximate surface area is 201 Å². The van der Waals surface area contributed by atoms with Crippen molar-refractivity contribution in [3.05, 3.63) is 89.0 Å². The first kappa shape index (κ1) is 23.8. The van der Waals surface area contributed by atoms with Gasteiger partial charge in [-0.2, -0.15) is 0 Å². The van der Waals surface area contributed by atoms with Crippen molar-refractivity contribution in [1.29, 1.82) is 0 Å². The highest BCUT2D eigenvalue weighted by atomic mass is 32.2. The summed E-state index contributed by atoms with van der Waals surface area (Å²) >= 11 is 0. The number of nitrogens with zero attached hydrogens (tertiary/aromatic N) is 1. The number of fused-ring (bicyclic) bond motifs is 1. The minimum atomic E-state index is -3.93. The van der Waals surface area contributed by atoms with E-state index in [0.717, 1.165) is 47.3 Å². The maximum atomic E-state index is 13.6. The molecule has 4 rings (SSSR count). The standard InChI is InChI=1S/C27H30N2O4S/c1-19-7-11-22(12-8-19)29(34(31,32)24-14-9-20(2)10-15-24)18-27(30)28-26-6-4-5-21-17-23(33-3)13-16-25(21)26/h7-17,26H,4-6,18H2,1-3H3,(H,28,30). The van der Waals surface area contributed by atoms with E-state index in [-0.39, 0.29) is 23.4 Å². The van der Waals surface area contributed by atoms with Crippen molar-refractivity contribution in [2.45, 2.75) is 44.0 Å². The minimum Gasteiger partial charge on any atom is -0.497 e. The van der Waals surface area contributed by atoms with Crippen LogP contribution >= 0.6 is 0 Å². The molecule has 34 heavy (non-hydrogen) atoms. The van der Waals surface area contributed by atoms with E-state index in [9.17, 15) is 13.2 Å². The van der Waals surface area contributed by atoms with Crippen LogP contribution < -0.4 is 14.4 Å². The van der Waals surface area contributed by atoms with Gasteiger partial charge in [0.25, 0.3) is 10.0 Å². The summed E-state index contributed by atoms with van der Waals surface area (Å²) in [5.74, 6) is 0.449. The van der Waals surface area contributed by atoms with Crippen LogP contribution in [0.4, 0.5) is 5.69 Å². The summed E-state index contributed by atoms with van der Waals surface area (Å²) in [5, 5.41) is 3.07. The van der Waals surface area contributed by atoms with E-state index in [2.05, 4.69) is 5.32 Å². The fraction of sp³-hybridized carbons (Fsp3) is 0.296. The lowest BCUT2D eigenvalue weighted by Gasteiger charge is -2.29. The first-order chi connectivity index (χ1) is 16.3. The van der Waals surface area contributed by atoms with E-state index in [1.807, 2.05) is 44.2 Å². The fourth-order valence-corrected chi connectivity index (χ4v) is 5.72. The van der Waals surface area contributed by atoms with E-state index >= 15 is 0 Å². The Kier molecular flexibility index (Phi) is 6.93. The maximum absolute atomic E-state index is 13.6. The van der Waals surface area contributed by atoms with Crippen molar-refractivity contribution < 1.29 is 17.9 Å². The lowest BCUT2D eigenvalue weighted by Crippen LogP contribution is -2.42. The first-order valence-electron chi connectivity index (χ1n) is 11.4. The third-order valence-electron chi connectivity index (χ3n) is 6.22. The number of aryl methyl sites for hydroxylation is 3. The molecule has 1 aliphatic carbocycles. The molecule has 1 amide bonds. The lowest BCUT2D eigenvalue weighted by molar-refractivity contribution is -0.120. The van der Waals surface area contributed by atoms with Crippen LogP contribution in [-0.2, 0) is 21.2 Å². The molecular weight excluding hydrogens is 448 g/mol. The van der Waals surface area contributed by atoms with Crippen LogP contribution in [0, 0.1) is 13.8 Å². The van der Waals surface area contributed by atoms with Crippen LogP contribution in [0.5, 0.6) is 5.75 Å². The Balaban J connectivity index is 1.60. The summed E-state index contributed by atoms with van der Waals surface area (Å²) < 4.78 is 33.6. The number of hydrogen-bond acceptors (Lipinski definition) is 4. The second kappa shape index (κ2) is 9.89. The van der Waals surface area contributed by atoms with Gasteiger partial charge in [-0.05, 0) is 80.6 Å². The summed E-state index contributed by atoms with van der Waals surface area (Å²) in [7, 11) is -2.30. The number of rotatable bonds is 7. The third-order valence-corrected chi connectivity index (χ3v) is 8.01. The molecule has 0 saturated heterocycles. The molecule has 0 fully saturated rings. The van der Waals surface area contributed by atoms with Gasteiger partial charge in [-0.1, -0.05) is 41.5 Å². The third kappa shape index (κ3) is 5.09. The smallest absolute Gasteiger partial charge is 0.264 e. The average Bonchev–Trinajstić information content (AvgIpc) is 2.83. The van der Waals surface area contributed by atoms with Crippen LogP contribution in [0.2, 0.25) is 0 Å². The molecule has 7 heteroatoms. The van der Waals surface area contributed by atoms with Crippen molar-refractivity contribution >= 4 is 21.6 Å². The average molecular weight is 479 g/mol. The Bertz CT molecular complexity index is 1270. The Morgan fingerprint density at radius 1 is 1.00 bits per heavy atom. The van der Waals surface area contributed by atoms with Crippen LogP contribution in [0.3, 0.4) is 0 Å². The number of methoxy groups -OCH3 is 1. The van der Waals surface area contributed by atoms with Crippen LogP contribution in [-0.4, -0.2) is 28.0 Å². The first-order valence-corrected chi connectivity index (χ1v) is 12.8. The number of hydrogen-bond donors (Lipinski definition) is 1. The molecule has 0 spiro atoms. The van der Waals surface area contributed by atoms with Crippen molar-refractivity contribution in [2.24, 2.45) is 0 Å². The van der Waals surface area contributed by atoms with Crippen LogP contribution in [0.25, 0.3) is 0 Å². The molecule has 0 aliphatic heterocycles. The number of carbonyl (C=O) groups is 1. The molecule has 0 heterocycles. The Hall–Kier alpha value is -3.32. The molecule has 1 N–H and O–H groups in total. The number of amides is 1. The predicted octanol–water partition coefficient (Wildman–Crippen LogP) is 4.70. The molecule has 0 saturated carbocycles. The normalized spacial score (nSPS) is 15.3. The van der Waals surface area contributed by atoms with Gasteiger partial charge in [0.1, 0.15) is 12.3 Å². The number of nitrogens with one attached hydrogen (secondary N) is 1. The quantitative estimate of drug-likeness (QED) is 0.534. The molecule has 178 valence electrons. The molecule has 1 aliphatic rings. The van der Waals surface area contributed by atoms with Gasteiger partial charge in [-0.25, -0.2) is 8.42 Å². The fourth-order valence-electron chi connectivity index (χ4n) is 4.30. The highest BCUT2D eigenvalue weighted by Crippen LogP contribution is 2.32. The van der Waals surface area contributed by atoms with Crippen LogP contribution in [0.1, 0.15) is 41.1 Å². The molecular formula is C27H30N2O4S. The van der Waals surface area contributed by atoms with E-state index in [1.54, 1.807) is 43.5 Å². The largest absolute Gasteiger partial charge is 0.497 e. The zero-order valence-electron chi connectivity index (χ0n) is 19.7. The van der Waals surface area contributed by atoms with E-state index < -0.39 is 10.0 Å². The van der Waals surface area contributed by atoms with E-state index in [1.165, 1.54) is 4.31 Å². The molecule has 0 aromatic heterocycles. The summed E-state index contributed by atoms with van der Waals surface area (Å²) in [6.45, 7) is 3.53. The maximum Gasteiger partial charge on any atom is 0.264 e. The molecule has 0 radical (unpaired) electrons. The summed E-state index contributed by atoms with van der Waals surface area (Å²) in [5.41, 5.74) is 4.64. The SMILES string of the molecule is COc1ccc2c(c1)CCCC2NC(=O)CN(c1ccc(C)cc1)S(=O)(=O)c1ccc(C)cc1. The van der Waals surface area contributed by atoms with Gasteiger partial charge < -0.3 is 10.1 Å². The van der Waals surface area contributed by atoms with Crippen molar-refractivity contribution in [3.8, 4) is 5.75 Å². The number of anilines is 1. The number of sulfonamides is 1. The van der Waals surface area contributed by atoms with Crippen molar-refractivity contribution in [1.82, 2.24) is 5.32 Å². The van der Waals surface area contributed by atoms with Crippen LogP contribution in [0.15, 0.2) is 71.6 Å². The minimum absolute atomic E-state index is 0.154.